The molecule has 1 saturated carbocycles. The number of hydrogen-bond acceptors (Lipinski definition) is 4. The second kappa shape index (κ2) is 6.07. The molecule has 0 aromatic rings. The fourth-order valence-electron chi connectivity index (χ4n) is 1.71. The van der Waals surface area contributed by atoms with E-state index in [-0.39, 0.29) is 18.6 Å². The van der Waals surface area contributed by atoms with Crippen molar-refractivity contribution in [2.75, 3.05) is 13.2 Å². The van der Waals surface area contributed by atoms with Crippen LogP contribution >= 0.6 is 0 Å². The van der Waals surface area contributed by atoms with E-state index >= 15 is 0 Å². The minimum Gasteiger partial charge on any atom is -0.465 e. The van der Waals surface area contributed by atoms with Gasteiger partial charge in [0.15, 0.2) is 0 Å². The Labute approximate surface area is 108 Å². The Balaban J connectivity index is 2.60. The summed E-state index contributed by atoms with van der Waals surface area (Å²) in [6.07, 6.45) is 2.52. The summed E-state index contributed by atoms with van der Waals surface area (Å²) in [4.78, 5) is 25.0. The van der Waals surface area contributed by atoms with Gasteiger partial charge in [-0.3, -0.25) is 9.69 Å². The number of carbonyl (C=O) groups is 2. The molecule has 1 rings (SSSR count). The van der Waals surface area contributed by atoms with Crippen LogP contribution in [0.4, 0.5) is 4.79 Å². The second-order valence-electron chi connectivity index (χ2n) is 5.50. The summed E-state index contributed by atoms with van der Waals surface area (Å²) in [5, 5.41) is 0. The smallest absolute Gasteiger partial charge is 0.411 e. The van der Waals surface area contributed by atoms with Crippen molar-refractivity contribution >= 4 is 12.1 Å². The molecule has 104 valence electrons. The summed E-state index contributed by atoms with van der Waals surface area (Å²) >= 11 is 0. The third kappa shape index (κ3) is 4.55. The van der Waals surface area contributed by atoms with Crippen LogP contribution in [0.25, 0.3) is 0 Å². The summed E-state index contributed by atoms with van der Waals surface area (Å²) in [6.45, 7) is 7.49. The van der Waals surface area contributed by atoms with Crippen molar-refractivity contribution in [2.45, 2.75) is 58.6 Å². The number of carbonyl (C=O) groups excluding carboxylic acids is 2. The van der Waals surface area contributed by atoms with Gasteiger partial charge in [0.05, 0.1) is 6.61 Å². The molecule has 0 aromatic heterocycles. The zero-order valence-electron chi connectivity index (χ0n) is 11.7. The molecule has 1 fully saturated rings. The molecule has 0 unspecified atom stereocenters. The van der Waals surface area contributed by atoms with Gasteiger partial charge >= 0.3 is 12.1 Å². The van der Waals surface area contributed by atoms with Crippen LogP contribution in [0.1, 0.15) is 47.0 Å². The Kier molecular flexibility index (Phi) is 4.99. The zero-order valence-corrected chi connectivity index (χ0v) is 11.7. The lowest BCUT2D eigenvalue weighted by molar-refractivity contribution is -0.145. The molecule has 0 radical (unpaired) electrons. The van der Waals surface area contributed by atoms with Gasteiger partial charge in [-0.25, -0.2) is 4.79 Å². The highest BCUT2D eigenvalue weighted by molar-refractivity contribution is 5.78. The van der Waals surface area contributed by atoms with Gasteiger partial charge in [-0.2, -0.15) is 0 Å². The molecule has 0 N–H and O–H groups in total. The average Bonchev–Trinajstić information content (AvgIpc) is 2.11. The molecule has 1 aliphatic rings. The lowest BCUT2D eigenvalue weighted by Gasteiger charge is -2.37. The van der Waals surface area contributed by atoms with Gasteiger partial charge in [0.25, 0.3) is 0 Å². The summed E-state index contributed by atoms with van der Waals surface area (Å²) in [5.41, 5.74) is -0.548. The summed E-state index contributed by atoms with van der Waals surface area (Å²) in [6, 6.07) is 0.115. The molecule has 0 spiro atoms. The van der Waals surface area contributed by atoms with Gasteiger partial charge < -0.3 is 9.47 Å². The van der Waals surface area contributed by atoms with E-state index in [1.165, 1.54) is 4.90 Å². The first-order valence-electron chi connectivity index (χ1n) is 6.48. The third-order valence-electron chi connectivity index (χ3n) is 2.75. The maximum absolute atomic E-state index is 12.0. The predicted molar refractivity (Wildman–Crippen MR) is 67.2 cm³/mol. The molecular formula is C13H23NO4. The van der Waals surface area contributed by atoms with E-state index in [2.05, 4.69) is 0 Å². The molecule has 1 amide bonds. The Morgan fingerprint density at radius 2 is 1.89 bits per heavy atom. The van der Waals surface area contributed by atoms with E-state index in [0.717, 1.165) is 19.3 Å². The van der Waals surface area contributed by atoms with Gasteiger partial charge in [-0.15, -0.1) is 0 Å². The highest BCUT2D eigenvalue weighted by Gasteiger charge is 2.33. The van der Waals surface area contributed by atoms with Crippen LogP contribution in [0.5, 0.6) is 0 Å². The number of amides is 1. The lowest BCUT2D eigenvalue weighted by atomic mass is 9.92. The monoisotopic (exact) mass is 257 g/mol. The molecule has 18 heavy (non-hydrogen) atoms. The minimum atomic E-state index is -0.548. The number of nitrogens with zero attached hydrogens (tertiary/aromatic N) is 1. The van der Waals surface area contributed by atoms with Gasteiger partial charge in [0, 0.05) is 6.04 Å². The van der Waals surface area contributed by atoms with Crippen LogP contribution in [0.3, 0.4) is 0 Å². The van der Waals surface area contributed by atoms with Crippen LogP contribution in [-0.2, 0) is 14.3 Å². The van der Waals surface area contributed by atoms with E-state index < -0.39 is 11.7 Å². The lowest BCUT2D eigenvalue weighted by Crippen LogP contribution is -2.49. The molecular weight excluding hydrogens is 234 g/mol. The van der Waals surface area contributed by atoms with Gasteiger partial charge in [0.1, 0.15) is 12.1 Å². The van der Waals surface area contributed by atoms with E-state index in [4.69, 9.17) is 9.47 Å². The maximum Gasteiger partial charge on any atom is 0.411 e. The van der Waals surface area contributed by atoms with Crippen LogP contribution in [-0.4, -0.2) is 41.8 Å². The van der Waals surface area contributed by atoms with Crippen molar-refractivity contribution in [3.8, 4) is 0 Å². The zero-order chi connectivity index (χ0) is 13.8. The molecule has 0 atom stereocenters. The molecule has 0 saturated heterocycles. The number of rotatable bonds is 4. The van der Waals surface area contributed by atoms with Gasteiger partial charge in [0.2, 0.25) is 0 Å². The van der Waals surface area contributed by atoms with Crippen molar-refractivity contribution in [2.24, 2.45) is 0 Å². The van der Waals surface area contributed by atoms with E-state index in [1.54, 1.807) is 6.92 Å². The first-order chi connectivity index (χ1) is 8.33. The van der Waals surface area contributed by atoms with Gasteiger partial charge in [-0.05, 0) is 47.0 Å². The number of esters is 1. The quantitative estimate of drug-likeness (QED) is 0.725. The molecule has 1 aliphatic carbocycles. The number of hydrogen-bond donors (Lipinski definition) is 0. The normalized spacial score (nSPS) is 15.8. The van der Waals surface area contributed by atoms with Crippen LogP contribution in [0.2, 0.25) is 0 Å². The average molecular weight is 257 g/mol. The summed E-state index contributed by atoms with van der Waals surface area (Å²) in [7, 11) is 0. The molecule has 5 heteroatoms. The van der Waals surface area contributed by atoms with Gasteiger partial charge in [-0.1, -0.05) is 0 Å². The van der Waals surface area contributed by atoms with Crippen molar-refractivity contribution < 1.29 is 19.1 Å². The second-order valence-corrected chi connectivity index (χ2v) is 5.50. The minimum absolute atomic E-state index is 0.0204. The molecule has 0 aliphatic heterocycles. The highest BCUT2D eigenvalue weighted by atomic mass is 16.6. The molecule has 0 bridgehead atoms. The first-order valence-corrected chi connectivity index (χ1v) is 6.48. The van der Waals surface area contributed by atoms with Crippen molar-refractivity contribution in [1.29, 1.82) is 0 Å². The first kappa shape index (κ1) is 14.8. The predicted octanol–water partition coefficient (Wildman–Crippen LogP) is 2.34. The SMILES string of the molecule is CCOC(=O)CN(C(=O)OC(C)(C)C)C1CCC1. The van der Waals surface area contributed by atoms with E-state index in [0.29, 0.717) is 6.61 Å². The molecule has 0 heterocycles. The Morgan fingerprint density at radius 3 is 2.28 bits per heavy atom. The van der Waals surface area contributed by atoms with Crippen LogP contribution in [0, 0.1) is 0 Å². The fourth-order valence-corrected chi connectivity index (χ4v) is 1.71. The largest absolute Gasteiger partial charge is 0.465 e. The Hall–Kier alpha value is -1.26. The van der Waals surface area contributed by atoms with Crippen molar-refractivity contribution in [3.63, 3.8) is 0 Å². The topological polar surface area (TPSA) is 55.8 Å². The summed E-state index contributed by atoms with van der Waals surface area (Å²) < 4.78 is 10.2. The molecule has 0 aromatic carbocycles. The Morgan fingerprint density at radius 1 is 1.28 bits per heavy atom. The van der Waals surface area contributed by atoms with Crippen LogP contribution in [0.15, 0.2) is 0 Å². The van der Waals surface area contributed by atoms with E-state index in [9.17, 15) is 9.59 Å². The molecule has 5 nitrogen and oxygen atoms in total. The van der Waals surface area contributed by atoms with Crippen molar-refractivity contribution in [3.05, 3.63) is 0 Å². The van der Waals surface area contributed by atoms with Crippen molar-refractivity contribution in [1.82, 2.24) is 4.90 Å². The standard InChI is InChI=1S/C13H23NO4/c1-5-17-11(15)9-14(10-7-6-8-10)12(16)18-13(2,3)4/h10H,5-9H2,1-4H3. The van der Waals surface area contributed by atoms with Crippen LogP contribution < -0.4 is 0 Å². The highest BCUT2D eigenvalue weighted by Crippen LogP contribution is 2.26. The Bertz CT molecular complexity index is 305. The number of ether oxygens (including phenoxy) is 2. The van der Waals surface area contributed by atoms with E-state index in [1.807, 2.05) is 20.8 Å². The maximum atomic E-state index is 12.0. The third-order valence-corrected chi connectivity index (χ3v) is 2.75. The fraction of sp³-hybridized carbons (Fsp3) is 0.846. The summed E-state index contributed by atoms with van der Waals surface area (Å²) in [5.74, 6) is -0.379.